The molecule has 1 heterocycles. The number of fused-ring (bicyclic) bond motifs is 1. The zero-order valence-corrected chi connectivity index (χ0v) is 14.8. The van der Waals surface area contributed by atoms with Crippen molar-refractivity contribution in [2.45, 2.75) is 38.6 Å². The molecule has 0 aliphatic heterocycles. The van der Waals surface area contributed by atoms with Gasteiger partial charge < -0.3 is 0 Å². The quantitative estimate of drug-likeness (QED) is 0.550. The highest BCUT2D eigenvalue weighted by Gasteiger charge is 2.14. The molecular formula is C20H21BrN2. The first-order chi connectivity index (χ1) is 11.3. The van der Waals surface area contributed by atoms with E-state index in [1.165, 1.54) is 54.0 Å². The topological polar surface area (TPSA) is 17.8 Å². The molecule has 4 rings (SSSR count). The summed E-state index contributed by atoms with van der Waals surface area (Å²) in [5.41, 5.74) is 2.46. The van der Waals surface area contributed by atoms with Crippen LogP contribution in [0.1, 0.15) is 32.1 Å². The molecule has 1 aliphatic rings. The van der Waals surface area contributed by atoms with E-state index in [1.807, 2.05) is 6.20 Å². The predicted molar refractivity (Wildman–Crippen MR) is 99.4 cm³/mol. The van der Waals surface area contributed by atoms with Crippen LogP contribution in [0, 0.1) is 5.92 Å². The molecule has 1 saturated carbocycles. The van der Waals surface area contributed by atoms with Gasteiger partial charge in [-0.25, -0.2) is 0 Å². The maximum Gasteiger partial charge on any atom is 0.0568 e. The van der Waals surface area contributed by atoms with Crippen LogP contribution >= 0.6 is 15.9 Å². The smallest absolute Gasteiger partial charge is 0.0568 e. The van der Waals surface area contributed by atoms with Crippen LogP contribution in [0.2, 0.25) is 0 Å². The van der Waals surface area contributed by atoms with Gasteiger partial charge in [0.05, 0.1) is 6.20 Å². The first kappa shape index (κ1) is 14.9. The molecule has 0 saturated heterocycles. The standard InChI is InChI=1S/C20H21BrN2/c21-20-9-8-16-10-17(6-7-18(16)11-20)19-12-22-23(14-19)13-15-4-2-1-3-5-15/h6-12,14-15H,1-5,13H2. The number of nitrogens with zero attached hydrogens (tertiary/aromatic N) is 2. The fourth-order valence-corrected chi connectivity index (χ4v) is 4.02. The average Bonchev–Trinajstić information content (AvgIpc) is 3.04. The van der Waals surface area contributed by atoms with E-state index >= 15 is 0 Å². The van der Waals surface area contributed by atoms with Crippen molar-refractivity contribution in [1.29, 1.82) is 0 Å². The second-order valence-electron chi connectivity index (χ2n) is 6.66. The molecular weight excluding hydrogens is 348 g/mol. The van der Waals surface area contributed by atoms with E-state index in [2.05, 4.69) is 68.3 Å². The lowest BCUT2D eigenvalue weighted by Gasteiger charge is -2.21. The van der Waals surface area contributed by atoms with Crippen LogP contribution in [0.15, 0.2) is 53.3 Å². The molecule has 0 atom stereocenters. The van der Waals surface area contributed by atoms with Crippen LogP contribution in [0.3, 0.4) is 0 Å². The molecule has 1 aromatic heterocycles. The Morgan fingerprint density at radius 2 is 1.74 bits per heavy atom. The summed E-state index contributed by atoms with van der Waals surface area (Å²) in [5, 5.41) is 7.12. The highest BCUT2D eigenvalue weighted by atomic mass is 79.9. The van der Waals surface area contributed by atoms with Gasteiger partial charge in [-0.2, -0.15) is 5.10 Å². The number of aromatic nitrogens is 2. The largest absolute Gasteiger partial charge is 0.272 e. The Hall–Kier alpha value is -1.61. The van der Waals surface area contributed by atoms with Crippen molar-refractivity contribution in [2.24, 2.45) is 5.92 Å². The van der Waals surface area contributed by atoms with Gasteiger partial charge in [-0.1, -0.05) is 53.4 Å². The predicted octanol–water partition coefficient (Wildman–Crippen LogP) is 6.05. The zero-order chi connectivity index (χ0) is 15.6. The minimum absolute atomic E-state index is 0.811. The van der Waals surface area contributed by atoms with Gasteiger partial charge in [0.1, 0.15) is 0 Å². The maximum absolute atomic E-state index is 4.59. The molecule has 0 unspecified atom stereocenters. The molecule has 1 aliphatic carbocycles. The summed E-state index contributed by atoms with van der Waals surface area (Å²) < 4.78 is 3.26. The van der Waals surface area contributed by atoms with Crippen LogP contribution in [-0.4, -0.2) is 9.78 Å². The molecule has 2 aromatic carbocycles. The van der Waals surface area contributed by atoms with Crippen molar-refractivity contribution in [3.63, 3.8) is 0 Å². The zero-order valence-electron chi connectivity index (χ0n) is 13.2. The van der Waals surface area contributed by atoms with E-state index in [9.17, 15) is 0 Å². The van der Waals surface area contributed by atoms with E-state index < -0.39 is 0 Å². The van der Waals surface area contributed by atoms with Crippen LogP contribution in [0.5, 0.6) is 0 Å². The molecule has 0 amide bonds. The van der Waals surface area contributed by atoms with Crippen molar-refractivity contribution >= 4 is 26.7 Å². The van der Waals surface area contributed by atoms with Gasteiger partial charge in [-0.05, 0) is 53.3 Å². The Morgan fingerprint density at radius 1 is 0.957 bits per heavy atom. The Bertz CT molecular complexity index is 815. The summed E-state index contributed by atoms with van der Waals surface area (Å²) in [7, 11) is 0. The first-order valence-electron chi connectivity index (χ1n) is 8.50. The number of rotatable bonds is 3. The Labute approximate surface area is 145 Å². The fourth-order valence-electron chi connectivity index (χ4n) is 3.64. The maximum atomic E-state index is 4.59. The fraction of sp³-hybridized carbons (Fsp3) is 0.350. The highest BCUT2D eigenvalue weighted by molar-refractivity contribution is 9.10. The Balaban J connectivity index is 1.57. The van der Waals surface area contributed by atoms with Crippen molar-refractivity contribution in [3.8, 4) is 11.1 Å². The van der Waals surface area contributed by atoms with Crippen molar-refractivity contribution in [3.05, 3.63) is 53.3 Å². The summed E-state index contributed by atoms with van der Waals surface area (Å²) in [6.07, 6.45) is 11.1. The molecule has 0 N–H and O–H groups in total. The van der Waals surface area contributed by atoms with Crippen LogP contribution in [0.25, 0.3) is 21.9 Å². The molecule has 1 fully saturated rings. The summed E-state index contributed by atoms with van der Waals surface area (Å²) in [6, 6.07) is 13.0. The number of hydrogen-bond acceptors (Lipinski definition) is 1. The molecule has 3 heteroatoms. The minimum atomic E-state index is 0.811. The van der Waals surface area contributed by atoms with Gasteiger partial charge in [-0.3, -0.25) is 4.68 Å². The third kappa shape index (κ3) is 3.35. The lowest BCUT2D eigenvalue weighted by Crippen LogP contribution is -2.14. The molecule has 0 radical (unpaired) electrons. The molecule has 2 nitrogen and oxygen atoms in total. The lowest BCUT2D eigenvalue weighted by molar-refractivity contribution is 0.308. The van der Waals surface area contributed by atoms with Gasteiger partial charge >= 0.3 is 0 Å². The van der Waals surface area contributed by atoms with E-state index in [0.29, 0.717) is 0 Å². The van der Waals surface area contributed by atoms with Gasteiger partial charge in [-0.15, -0.1) is 0 Å². The molecule has 23 heavy (non-hydrogen) atoms. The van der Waals surface area contributed by atoms with Crippen molar-refractivity contribution in [1.82, 2.24) is 9.78 Å². The highest BCUT2D eigenvalue weighted by Crippen LogP contribution is 2.28. The third-order valence-corrected chi connectivity index (χ3v) is 5.43. The summed E-state index contributed by atoms with van der Waals surface area (Å²) in [4.78, 5) is 0. The summed E-state index contributed by atoms with van der Waals surface area (Å²) >= 11 is 3.53. The van der Waals surface area contributed by atoms with Crippen molar-refractivity contribution in [2.75, 3.05) is 0 Å². The van der Waals surface area contributed by atoms with Crippen LogP contribution in [-0.2, 0) is 6.54 Å². The van der Waals surface area contributed by atoms with Gasteiger partial charge in [0.2, 0.25) is 0 Å². The first-order valence-corrected chi connectivity index (χ1v) is 9.29. The SMILES string of the molecule is Brc1ccc2cc(-c3cnn(CC4CCCCC4)c3)ccc2c1. The van der Waals surface area contributed by atoms with E-state index in [1.54, 1.807) is 0 Å². The van der Waals surface area contributed by atoms with E-state index in [-0.39, 0.29) is 0 Å². The Morgan fingerprint density at radius 3 is 2.61 bits per heavy atom. The van der Waals surface area contributed by atoms with E-state index in [4.69, 9.17) is 0 Å². The second kappa shape index (κ2) is 6.48. The molecule has 0 spiro atoms. The molecule has 3 aromatic rings. The monoisotopic (exact) mass is 368 g/mol. The molecule has 118 valence electrons. The summed E-state index contributed by atoms with van der Waals surface area (Å²) in [6.45, 7) is 1.07. The number of benzene rings is 2. The average molecular weight is 369 g/mol. The minimum Gasteiger partial charge on any atom is -0.272 e. The normalized spacial score (nSPS) is 16.0. The lowest BCUT2D eigenvalue weighted by atomic mass is 9.89. The van der Waals surface area contributed by atoms with Crippen LogP contribution < -0.4 is 0 Å². The van der Waals surface area contributed by atoms with E-state index in [0.717, 1.165) is 16.9 Å². The van der Waals surface area contributed by atoms with Gasteiger partial charge in [0, 0.05) is 22.8 Å². The molecule has 0 bridgehead atoms. The third-order valence-electron chi connectivity index (χ3n) is 4.94. The van der Waals surface area contributed by atoms with Crippen LogP contribution in [0.4, 0.5) is 0 Å². The summed E-state index contributed by atoms with van der Waals surface area (Å²) in [5.74, 6) is 0.811. The number of hydrogen-bond donors (Lipinski definition) is 0. The number of halogens is 1. The van der Waals surface area contributed by atoms with Gasteiger partial charge in [0.15, 0.2) is 0 Å². The Kier molecular flexibility index (Phi) is 4.21. The second-order valence-corrected chi connectivity index (χ2v) is 7.58. The van der Waals surface area contributed by atoms with Crippen molar-refractivity contribution < 1.29 is 0 Å². The van der Waals surface area contributed by atoms with Gasteiger partial charge in [0.25, 0.3) is 0 Å².